The molecule has 0 saturated carbocycles. The Morgan fingerprint density at radius 1 is 0.828 bits per heavy atom. The van der Waals surface area contributed by atoms with Gasteiger partial charge < -0.3 is 15.0 Å². The minimum absolute atomic E-state index is 0.333. The van der Waals surface area contributed by atoms with Crippen molar-refractivity contribution in [1.29, 1.82) is 0 Å². The molecular weight excluding hydrogens is 392 g/mol. The fourth-order valence-electron chi connectivity index (χ4n) is 4.82. The lowest BCUT2D eigenvalue weighted by Gasteiger charge is -2.26. The standard InChI is InChI=1S/C24H23N3P2/c1-2-6-17-18(19-7-3-12-25-19)15-16-10-11-20-24(23(16)17)29(22-9-5-14-27-22)28(20)21-8-4-13-26-21/h3-5,7-15,17,25-27H,2,6H2,1H3. The summed E-state index contributed by atoms with van der Waals surface area (Å²) in [6, 6.07) is 17.9. The first-order valence-corrected chi connectivity index (χ1v) is 13.6. The zero-order valence-electron chi connectivity index (χ0n) is 16.3. The first kappa shape index (κ1) is 17.3. The van der Waals surface area contributed by atoms with Crippen molar-refractivity contribution in [2.24, 2.45) is 0 Å². The number of rotatable bonds is 5. The van der Waals surface area contributed by atoms with Crippen molar-refractivity contribution in [2.75, 3.05) is 0 Å². The van der Waals surface area contributed by atoms with Crippen LogP contribution in [0.1, 0.15) is 42.5 Å². The molecule has 29 heavy (non-hydrogen) atoms. The van der Waals surface area contributed by atoms with Crippen LogP contribution in [0.4, 0.5) is 0 Å². The summed E-state index contributed by atoms with van der Waals surface area (Å²) in [5.74, 6) is 0.490. The lowest BCUT2D eigenvalue weighted by Crippen LogP contribution is -2.00. The van der Waals surface area contributed by atoms with Crippen molar-refractivity contribution in [3.05, 3.63) is 83.9 Å². The van der Waals surface area contributed by atoms with Crippen LogP contribution in [0.2, 0.25) is 0 Å². The molecule has 5 heteroatoms. The molecule has 1 aliphatic carbocycles. The largest absolute Gasteiger partial charge is 0.361 e. The van der Waals surface area contributed by atoms with Crippen LogP contribution >= 0.6 is 14.4 Å². The Morgan fingerprint density at radius 3 is 2.21 bits per heavy atom. The van der Waals surface area contributed by atoms with E-state index in [1.54, 1.807) is 15.8 Å². The highest BCUT2D eigenvalue weighted by Crippen LogP contribution is 2.75. The van der Waals surface area contributed by atoms with Gasteiger partial charge in [0, 0.05) is 40.4 Å². The molecule has 1 aromatic carbocycles. The van der Waals surface area contributed by atoms with Gasteiger partial charge in [0.2, 0.25) is 0 Å². The summed E-state index contributed by atoms with van der Waals surface area (Å²) in [5, 5.41) is 3.21. The number of hydrogen-bond donors (Lipinski definition) is 3. The van der Waals surface area contributed by atoms with Crippen molar-refractivity contribution in [1.82, 2.24) is 15.0 Å². The molecule has 4 aromatic heterocycles. The molecule has 3 N–H and O–H groups in total. The van der Waals surface area contributed by atoms with Crippen molar-refractivity contribution < 1.29 is 0 Å². The van der Waals surface area contributed by atoms with Crippen LogP contribution in [-0.4, -0.2) is 15.0 Å². The van der Waals surface area contributed by atoms with E-state index in [9.17, 15) is 0 Å². The summed E-state index contributed by atoms with van der Waals surface area (Å²) in [5.41, 5.74) is 8.55. The Bertz CT molecular complexity index is 1300. The van der Waals surface area contributed by atoms with Crippen molar-refractivity contribution in [3.63, 3.8) is 0 Å². The Morgan fingerprint density at radius 2 is 1.55 bits per heavy atom. The minimum atomic E-state index is -0.368. The number of aromatic nitrogens is 3. The third-order valence-electron chi connectivity index (χ3n) is 6.01. The van der Waals surface area contributed by atoms with E-state index in [4.69, 9.17) is 0 Å². The molecule has 5 aromatic rings. The Labute approximate surface area is 171 Å². The number of hydrogen-bond acceptors (Lipinski definition) is 0. The monoisotopic (exact) mass is 415 g/mol. The molecule has 3 atom stereocenters. The number of aromatic amines is 3. The Kier molecular flexibility index (Phi) is 4.01. The Hall–Kier alpha value is -2.60. The number of allylic oxidation sites excluding steroid dienone is 1. The van der Waals surface area contributed by atoms with Gasteiger partial charge in [-0.25, -0.2) is 0 Å². The molecule has 6 rings (SSSR count). The van der Waals surface area contributed by atoms with E-state index in [2.05, 4.69) is 88.9 Å². The number of fused-ring (bicyclic) bond motifs is 3. The molecule has 144 valence electrons. The fraction of sp³-hybridized carbons (Fsp3) is 0.167. The van der Waals surface area contributed by atoms with Crippen LogP contribution in [0, 0.1) is 0 Å². The lowest BCUT2D eigenvalue weighted by molar-refractivity contribution is 0.740. The van der Waals surface area contributed by atoms with Gasteiger partial charge in [0.1, 0.15) is 0 Å². The summed E-state index contributed by atoms with van der Waals surface area (Å²) in [6.07, 6.45) is 11.0. The van der Waals surface area contributed by atoms with Gasteiger partial charge in [0.25, 0.3) is 0 Å². The van der Waals surface area contributed by atoms with Gasteiger partial charge in [-0.2, -0.15) is 0 Å². The lowest BCUT2D eigenvalue weighted by atomic mass is 9.90. The van der Waals surface area contributed by atoms with Gasteiger partial charge in [0.15, 0.2) is 0 Å². The van der Waals surface area contributed by atoms with Gasteiger partial charge in [-0.1, -0.05) is 19.4 Å². The highest BCUT2D eigenvalue weighted by Gasteiger charge is 2.33. The van der Waals surface area contributed by atoms with E-state index >= 15 is 0 Å². The number of H-pyrrole nitrogens is 3. The molecule has 0 fully saturated rings. The second kappa shape index (κ2) is 6.73. The molecule has 0 radical (unpaired) electrons. The first-order valence-electron chi connectivity index (χ1n) is 10.3. The smallest absolute Gasteiger partial charge is 0.0662 e. The van der Waals surface area contributed by atoms with Crippen molar-refractivity contribution >= 4 is 36.3 Å². The van der Waals surface area contributed by atoms with E-state index < -0.39 is 0 Å². The molecule has 0 spiro atoms. The predicted molar refractivity (Wildman–Crippen MR) is 127 cm³/mol. The molecule has 1 aliphatic rings. The summed E-state index contributed by atoms with van der Waals surface area (Å²) >= 11 is 0. The molecule has 4 heterocycles. The van der Waals surface area contributed by atoms with E-state index in [-0.39, 0.29) is 14.4 Å². The van der Waals surface area contributed by atoms with Crippen LogP contribution < -0.4 is 0 Å². The first-order chi connectivity index (χ1) is 14.4. The normalized spacial score (nSPS) is 17.1. The predicted octanol–water partition coefficient (Wildman–Crippen LogP) is 8.21. The van der Waals surface area contributed by atoms with Gasteiger partial charge in [-0.05, 0) is 86.1 Å². The highest BCUT2D eigenvalue weighted by molar-refractivity contribution is 8.22. The molecular formula is C24H23N3P2. The van der Waals surface area contributed by atoms with Gasteiger partial charge >= 0.3 is 0 Å². The second-order valence-electron chi connectivity index (χ2n) is 7.70. The number of benzene rings is 1. The molecule has 0 saturated heterocycles. The second-order valence-corrected chi connectivity index (χ2v) is 13.2. The maximum atomic E-state index is 3.56. The van der Waals surface area contributed by atoms with E-state index in [0.29, 0.717) is 5.92 Å². The molecule has 3 nitrogen and oxygen atoms in total. The molecule has 3 unspecified atom stereocenters. The topological polar surface area (TPSA) is 47.4 Å². The van der Waals surface area contributed by atoms with Crippen LogP contribution in [0.15, 0.2) is 67.1 Å². The summed E-state index contributed by atoms with van der Waals surface area (Å²) in [7, 11) is -0.701. The quantitative estimate of drug-likeness (QED) is 0.259. The van der Waals surface area contributed by atoms with E-state index in [1.807, 2.05) is 6.20 Å². The van der Waals surface area contributed by atoms with Crippen LogP contribution in [-0.2, 0) is 0 Å². The number of nitrogens with one attached hydrogen (secondary N) is 3. The maximum Gasteiger partial charge on any atom is 0.0662 e. The summed E-state index contributed by atoms with van der Waals surface area (Å²) < 4.78 is 0. The maximum absolute atomic E-state index is 3.56. The average molecular weight is 415 g/mol. The molecule has 0 amide bonds. The van der Waals surface area contributed by atoms with Crippen LogP contribution in [0.25, 0.3) is 32.8 Å². The van der Waals surface area contributed by atoms with Gasteiger partial charge in [-0.15, -0.1) is 0 Å². The zero-order chi connectivity index (χ0) is 19.4. The highest BCUT2D eigenvalue weighted by atomic mass is 31.9. The molecule has 0 bridgehead atoms. The third kappa shape index (κ3) is 2.51. The van der Waals surface area contributed by atoms with E-state index in [0.717, 1.165) is 0 Å². The van der Waals surface area contributed by atoms with Crippen molar-refractivity contribution in [2.45, 2.75) is 25.7 Å². The SMILES string of the molecule is CCCC1C(c2ccc[nH]2)=Cc2ccc3c(c21)p(-c1ccc[nH]1)p3-c1ccc[nH]1. The zero-order valence-corrected chi connectivity index (χ0v) is 18.1. The van der Waals surface area contributed by atoms with Crippen molar-refractivity contribution in [3.8, 4) is 10.9 Å². The summed E-state index contributed by atoms with van der Waals surface area (Å²) in [4.78, 5) is 10.5. The van der Waals surface area contributed by atoms with Crippen LogP contribution in [0.5, 0.6) is 0 Å². The Balaban J connectivity index is 1.61. The summed E-state index contributed by atoms with van der Waals surface area (Å²) in [6.45, 7) is 2.30. The molecule has 0 aliphatic heterocycles. The fourth-order valence-corrected chi connectivity index (χ4v) is 12.7. The van der Waals surface area contributed by atoms with Gasteiger partial charge in [0.05, 0.1) is 10.9 Å². The average Bonchev–Trinajstić information content (AvgIpc) is 3.51. The van der Waals surface area contributed by atoms with E-state index in [1.165, 1.54) is 40.5 Å². The van der Waals surface area contributed by atoms with Crippen LogP contribution in [0.3, 0.4) is 0 Å². The minimum Gasteiger partial charge on any atom is -0.361 e. The van der Waals surface area contributed by atoms with Gasteiger partial charge in [-0.3, -0.25) is 0 Å². The third-order valence-corrected chi connectivity index (χ3v) is 13.5.